The molecule has 1 heterocycles. The third-order valence-corrected chi connectivity index (χ3v) is 4.65. The molecule has 0 radical (unpaired) electrons. The highest BCUT2D eigenvalue weighted by Crippen LogP contribution is 2.25. The summed E-state index contributed by atoms with van der Waals surface area (Å²) in [6.45, 7) is 0. The maximum Gasteiger partial charge on any atom is 0.337 e. The first-order valence-corrected chi connectivity index (χ1v) is 7.31. The van der Waals surface area contributed by atoms with Crippen LogP contribution < -0.4 is 10.0 Å². The van der Waals surface area contributed by atoms with Crippen molar-refractivity contribution >= 4 is 27.5 Å². The van der Waals surface area contributed by atoms with Crippen molar-refractivity contribution in [3.05, 3.63) is 48.2 Å². The van der Waals surface area contributed by atoms with Crippen molar-refractivity contribution in [1.82, 2.24) is 4.98 Å². The van der Waals surface area contributed by atoms with Crippen LogP contribution in [0.25, 0.3) is 0 Å². The molecule has 1 aromatic carbocycles. The Kier molecular flexibility index (Phi) is 3.81. The van der Waals surface area contributed by atoms with Crippen LogP contribution in [0.15, 0.2) is 47.5 Å². The van der Waals surface area contributed by atoms with Gasteiger partial charge in [-0.05, 0) is 30.3 Å². The van der Waals surface area contributed by atoms with Gasteiger partial charge in [0, 0.05) is 18.9 Å². The summed E-state index contributed by atoms with van der Waals surface area (Å²) in [5.41, 5.74) is 5.39. The molecule has 2 rings (SSSR count). The Morgan fingerprint density at radius 2 is 2.00 bits per heavy atom. The molecule has 1 aromatic heterocycles. The zero-order chi connectivity index (χ0) is 15.6. The summed E-state index contributed by atoms with van der Waals surface area (Å²) < 4.78 is 26.1. The van der Waals surface area contributed by atoms with E-state index in [-0.39, 0.29) is 22.0 Å². The highest BCUT2D eigenvalue weighted by Gasteiger charge is 2.27. The van der Waals surface area contributed by atoms with Crippen molar-refractivity contribution in [3.63, 3.8) is 0 Å². The van der Waals surface area contributed by atoms with Crippen molar-refractivity contribution in [2.24, 2.45) is 0 Å². The van der Waals surface area contributed by atoms with Gasteiger partial charge in [0.25, 0.3) is 10.0 Å². The molecule has 0 unspecified atom stereocenters. The van der Waals surface area contributed by atoms with Crippen LogP contribution in [0.2, 0.25) is 0 Å². The van der Waals surface area contributed by atoms with Crippen LogP contribution in [0.1, 0.15) is 10.4 Å². The minimum atomic E-state index is -4.08. The number of carboxylic acid groups (broad SMARTS) is 1. The van der Waals surface area contributed by atoms with Gasteiger partial charge in [-0.1, -0.05) is 6.07 Å². The minimum Gasteiger partial charge on any atom is -0.478 e. The number of anilines is 2. The number of carboxylic acids is 1. The van der Waals surface area contributed by atoms with Crippen LogP contribution >= 0.6 is 0 Å². The lowest BCUT2D eigenvalue weighted by Crippen LogP contribution is -2.29. The van der Waals surface area contributed by atoms with Crippen LogP contribution in [0.5, 0.6) is 0 Å². The summed E-state index contributed by atoms with van der Waals surface area (Å²) in [5, 5.41) is 9.13. The first kappa shape index (κ1) is 14.8. The summed E-state index contributed by atoms with van der Waals surface area (Å²) in [5.74, 6) is -1.17. The first-order chi connectivity index (χ1) is 9.84. The zero-order valence-electron chi connectivity index (χ0n) is 11.1. The highest BCUT2D eigenvalue weighted by molar-refractivity contribution is 7.92. The standard InChI is InChI=1S/C13H13N3O4S/c1-16(12-4-2-3-7-15-12)21(19,20)11-8-9(14)5-6-10(11)13(17)18/h2-8H,14H2,1H3,(H,17,18). The fourth-order valence-electron chi connectivity index (χ4n) is 1.74. The molecule has 0 aliphatic rings. The Labute approximate surface area is 121 Å². The average molecular weight is 307 g/mol. The zero-order valence-corrected chi connectivity index (χ0v) is 11.9. The number of carbonyl (C=O) groups is 1. The molecule has 0 spiro atoms. The molecule has 0 aliphatic carbocycles. The van der Waals surface area contributed by atoms with Gasteiger partial charge in [0.1, 0.15) is 10.7 Å². The number of aromatic nitrogens is 1. The van der Waals surface area contributed by atoms with E-state index >= 15 is 0 Å². The molecule has 110 valence electrons. The van der Waals surface area contributed by atoms with E-state index in [2.05, 4.69) is 4.98 Å². The van der Waals surface area contributed by atoms with Gasteiger partial charge in [-0.3, -0.25) is 4.31 Å². The first-order valence-electron chi connectivity index (χ1n) is 5.87. The molecule has 0 aliphatic heterocycles. The summed E-state index contributed by atoms with van der Waals surface area (Å²) in [7, 11) is -2.78. The molecule has 8 heteroatoms. The van der Waals surface area contributed by atoms with Gasteiger partial charge < -0.3 is 10.8 Å². The van der Waals surface area contributed by atoms with Gasteiger partial charge in [0.15, 0.2) is 0 Å². The van der Waals surface area contributed by atoms with Gasteiger partial charge in [0.05, 0.1) is 5.56 Å². The Balaban J connectivity index is 2.59. The Hall–Kier alpha value is -2.61. The lowest BCUT2D eigenvalue weighted by Gasteiger charge is -2.19. The summed E-state index contributed by atoms with van der Waals surface area (Å²) in [4.78, 5) is 14.8. The van der Waals surface area contributed by atoms with Gasteiger partial charge in [-0.25, -0.2) is 18.2 Å². The van der Waals surface area contributed by atoms with Crippen LogP contribution in [0, 0.1) is 0 Å². The fraction of sp³-hybridized carbons (Fsp3) is 0.0769. The van der Waals surface area contributed by atoms with Crippen molar-refractivity contribution < 1.29 is 18.3 Å². The molecular weight excluding hydrogens is 294 g/mol. The smallest absolute Gasteiger partial charge is 0.337 e. The van der Waals surface area contributed by atoms with Crippen LogP contribution in [-0.4, -0.2) is 31.5 Å². The molecule has 0 amide bonds. The normalized spacial score (nSPS) is 11.1. The number of pyridine rings is 1. The van der Waals surface area contributed by atoms with Crippen molar-refractivity contribution in [2.45, 2.75) is 4.90 Å². The molecule has 7 nitrogen and oxygen atoms in total. The maximum absolute atomic E-state index is 12.6. The molecule has 0 bridgehead atoms. The Bertz CT molecular complexity index is 775. The van der Waals surface area contributed by atoms with Crippen molar-refractivity contribution in [1.29, 1.82) is 0 Å². The molecule has 2 aromatic rings. The monoisotopic (exact) mass is 307 g/mol. The molecule has 3 N–H and O–H groups in total. The van der Waals surface area contributed by atoms with Gasteiger partial charge in [-0.15, -0.1) is 0 Å². The number of benzene rings is 1. The Morgan fingerprint density at radius 3 is 2.57 bits per heavy atom. The summed E-state index contributed by atoms with van der Waals surface area (Å²) in [6.07, 6.45) is 1.44. The van der Waals surface area contributed by atoms with E-state index in [0.29, 0.717) is 0 Å². The van der Waals surface area contributed by atoms with Crippen LogP contribution in [0.4, 0.5) is 11.5 Å². The van der Waals surface area contributed by atoms with Gasteiger partial charge >= 0.3 is 5.97 Å². The molecule has 0 saturated heterocycles. The number of nitrogens with zero attached hydrogens (tertiary/aromatic N) is 2. The topological polar surface area (TPSA) is 114 Å². The second kappa shape index (κ2) is 5.41. The molecule has 21 heavy (non-hydrogen) atoms. The van der Waals surface area contributed by atoms with Gasteiger partial charge in [-0.2, -0.15) is 0 Å². The SMILES string of the molecule is CN(c1ccccn1)S(=O)(=O)c1cc(N)ccc1C(=O)O. The number of hydrogen-bond acceptors (Lipinski definition) is 5. The predicted octanol–water partition coefficient (Wildman–Crippen LogP) is 1.19. The average Bonchev–Trinajstić information content (AvgIpc) is 2.47. The minimum absolute atomic E-state index is 0.160. The lowest BCUT2D eigenvalue weighted by atomic mass is 10.2. The molecule has 0 fully saturated rings. The number of rotatable bonds is 4. The summed E-state index contributed by atoms with van der Waals surface area (Å²) >= 11 is 0. The van der Waals surface area contributed by atoms with E-state index in [1.165, 1.54) is 25.4 Å². The largest absolute Gasteiger partial charge is 0.478 e. The number of sulfonamides is 1. The third-order valence-electron chi connectivity index (χ3n) is 2.85. The second-order valence-electron chi connectivity index (χ2n) is 4.22. The fourth-order valence-corrected chi connectivity index (χ4v) is 3.11. The van der Waals surface area contributed by atoms with Crippen molar-refractivity contribution in [2.75, 3.05) is 17.1 Å². The highest BCUT2D eigenvalue weighted by atomic mass is 32.2. The predicted molar refractivity (Wildman–Crippen MR) is 77.6 cm³/mol. The van der Waals surface area contributed by atoms with Crippen molar-refractivity contribution in [3.8, 4) is 0 Å². The quantitative estimate of drug-likeness (QED) is 0.820. The van der Waals surface area contributed by atoms with E-state index in [4.69, 9.17) is 10.8 Å². The maximum atomic E-state index is 12.6. The van der Waals surface area contributed by atoms with E-state index in [9.17, 15) is 13.2 Å². The second-order valence-corrected chi connectivity index (χ2v) is 6.16. The van der Waals surface area contributed by atoms with E-state index in [1.54, 1.807) is 12.1 Å². The molecular formula is C13H13N3O4S. The molecule has 0 saturated carbocycles. The van der Waals surface area contributed by atoms with E-state index < -0.39 is 16.0 Å². The Morgan fingerprint density at radius 1 is 1.29 bits per heavy atom. The third kappa shape index (κ3) is 2.79. The number of nitrogens with two attached hydrogens (primary N) is 1. The van der Waals surface area contributed by atoms with Crippen LogP contribution in [0.3, 0.4) is 0 Å². The number of nitrogen functional groups attached to an aromatic ring is 1. The lowest BCUT2D eigenvalue weighted by molar-refractivity contribution is 0.0692. The molecule has 0 atom stereocenters. The van der Waals surface area contributed by atoms with Crippen LogP contribution in [-0.2, 0) is 10.0 Å². The van der Waals surface area contributed by atoms with E-state index in [1.807, 2.05) is 0 Å². The number of hydrogen-bond donors (Lipinski definition) is 2. The van der Waals surface area contributed by atoms with Gasteiger partial charge in [0.2, 0.25) is 0 Å². The number of aromatic carboxylic acids is 1. The summed E-state index contributed by atoms with van der Waals surface area (Å²) in [6, 6.07) is 8.40. The van der Waals surface area contributed by atoms with E-state index in [0.717, 1.165) is 16.4 Å².